The molecular weight excluding hydrogens is 322 g/mol. The third-order valence-corrected chi connectivity index (χ3v) is 3.81. The van der Waals surface area contributed by atoms with Gasteiger partial charge in [-0.2, -0.15) is 8.42 Å². The lowest BCUT2D eigenvalue weighted by Gasteiger charge is -2.15. The predicted octanol–water partition coefficient (Wildman–Crippen LogP) is 1.49. The smallest absolute Gasteiger partial charge is 0.294 e. The molecule has 8 heteroatoms. The summed E-state index contributed by atoms with van der Waals surface area (Å²) in [4.78, 5) is -0.307. The van der Waals surface area contributed by atoms with Gasteiger partial charge < -0.3 is 20.3 Å². The lowest BCUT2D eigenvalue weighted by Crippen LogP contribution is -2.23. The minimum Gasteiger partial charge on any atom is -0.455 e. The molecule has 0 aromatic heterocycles. The Kier molecular flexibility index (Phi) is 5.56. The maximum Gasteiger partial charge on any atom is 0.294 e. The number of aliphatic hydroxyl groups excluding tert-OH is 2. The van der Waals surface area contributed by atoms with E-state index in [9.17, 15) is 13.5 Å². The van der Waals surface area contributed by atoms with Crippen LogP contribution >= 0.6 is 0 Å². The molecular formula is C15H17NO6S. The molecule has 4 N–H and O–H groups in total. The topological polar surface area (TPSA) is 116 Å². The van der Waals surface area contributed by atoms with Crippen molar-refractivity contribution in [3.8, 4) is 11.5 Å². The van der Waals surface area contributed by atoms with Gasteiger partial charge in [0.05, 0.1) is 23.3 Å². The number of anilines is 1. The first kappa shape index (κ1) is 17.2. The quantitative estimate of drug-likeness (QED) is 0.565. The van der Waals surface area contributed by atoms with Crippen LogP contribution in [0.2, 0.25) is 0 Å². The summed E-state index contributed by atoms with van der Waals surface area (Å²) in [5.41, 5.74) is 0.261. The summed E-state index contributed by atoms with van der Waals surface area (Å²) in [6, 6.07) is 12.6. The molecule has 0 fully saturated rings. The molecule has 0 saturated carbocycles. The summed E-state index contributed by atoms with van der Waals surface area (Å²) in [6.45, 7) is -0.462. The van der Waals surface area contributed by atoms with Gasteiger partial charge in [0.15, 0.2) is 5.75 Å². The van der Waals surface area contributed by atoms with Crippen LogP contribution in [0.5, 0.6) is 11.5 Å². The van der Waals surface area contributed by atoms with E-state index in [2.05, 4.69) is 5.32 Å². The van der Waals surface area contributed by atoms with Gasteiger partial charge in [0, 0.05) is 6.54 Å². The molecule has 2 aromatic rings. The highest BCUT2D eigenvalue weighted by Crippen LogP contribution is 2.31. The summed E-state index contributed by atoms with van der Waals surface area (Å²) in [6.07, 6.45) is -1.02. The Bertz CT molecular complexity index is 748. The molecule has 0 aliphatic carbocycles. The van der Waals surface area contributed by atoms with Crippen molar-refractivity contribution in [2.75, 3.05) is 18.5 Å². The lowest BCUT2D eigenvalue weighted by atomic mass is 10.2. The molecule has 2 rings (SSSR count). The largest absolute Gasteiger partial charge is 0.455 e. The average molecular weight is 339 g/mol. The van der Waals surface area contributed by atoms with Gasteiger partial charge in [-0.3, -0.25) is 4.55 Å². The number of benzene rings is 2. The highest BCUT2D eigenvalue weighted by molar-refractivity contribution is 7.85. The molecule has 2 aromatic carbocycles. The third kappa shape index (κ3) is 4.93. The van der Waals surface area contributed by atoms with Gasteiger partial charge in [-0.1, -0.05) is 18.2 Å². The predicted molar refractivity (Wildman–Crippen MR) is 84.4 cm³/mol. The van der Waals surface area contributed by atoms with Crippen molar-refractivity contribution in [3.63, 3.8) is 0 Å². The first-order valence-electron chi connectivity index (χ1n) is 6.77. The number of rotatable bonds is 7. The number of hydrogen-bond acceptors (Lipinski definition) is 6. The molecule has 0 bridgehead atoms. The van der Waals surface area contributed by atoms with Crippen LogP contribution in [0, 0.1) is 0 Å². The van der Waals surface area contributed by atoms with E-state index in [0.29, 0.717) is 11.5 Å². The van der Waals surface area contributed by atoms with Crippen LogP contribution in [0.1, 0.15) is 0 Å². The van der Waals surface area contributed by atoms with Crippen LogP contribution in [0.15, 0.2) is 53.4 Å². The Morgan fingerprint density at radius 3 is 2.43 bits per heavy atom. The Morgan fingerprint density at radius 2 is 1.83 bits per heavy atom. The second-order valence-corrected chi connectivity index (χ2v) is 6.19. The first-order chi connectivity index (χ1) is 10.9. The molecule has 23 heavy (non-hydrogen) atoms. The van der Waals surface area contributed by atoms with Gasteiger partial charge in [-0.05, 0) is 30.3 Å². The van der Waals surface area contributed by atoms with Crippen molar-refractivity contribution in [3.05, 3.63) is 48.5 Å². The van der Waals surface area contributed by atoms with Gasteiger partial charge in [0.25, 0.3) is 10.1 Å². The van der Waals surface area contributed by atoms with E-state index in [1.807, 2.05) is 6.07 Å². The molecule has 0 spiro atoms. The van der Waals surface area contributed by atoms with Gasteiger partial charge >= 0.3 is 0 Å². The molecule has 0 amide bonds. The molecule has 1 atom stereocenters. The van der Waals surface area contributed by atoms with Crippen LogP contribution in [0.25, 0.3) is 0 Å². The standard InChI is InChI=1S/C15H17NO6S/c17-10-11(18)9-16-14-8-13(23(19,20)21)6-7-15(14)22-12-4-2-1-3-5-12/h1-8,11,16-18H,9-10H2,(H,19,20,21). The van der Waals surface area contributed by atoms with Crippen molar-refractivity contribution in [1.29, 1.82) is 0 Å². The zero-order valence-corrected chi connectivity index (χ0v) is 12.9. The number of hydrogen-bond donors (Lipinski definition) is 4. The van der Waals surface area contributed by atoms with Crippen molar-refractivity contribution in [1.82, 2.24) is 0 Å². The van der Waals surface area contributed by atoms with E-state index >= 15 is 0 Å². The third-order valence-electron chi connectivity index (χ3n) is 2.96. The minimum atomic E-state index is -4.37. The van der Waals surface area contributed by atoms with Gasteiger partial charge in [0.2, 0.25) is 0 Å². The fourth-order valence-electron chi connectivity index (χ4n) is 1.80. The highest BCUT2D eigenvalue weighted by Gasteiger charge is 2.15. The first-order valence-corrected chi connectivity index (χ1v) is 8.21. The summed E-state index contributed by atoms with van der Waals surface area (Å²) in [7, 11) is -4.37. The Morgan fingerprint density at radius 1 is 1.13 bits per heavy atom. The van der Waals surface area contributed by atoms with E-state index in [4.69, 9.17) is 14.4 Å². The fraction of sp³-hybridized carbons (Fsp3) is 0.200. The van der Waals surface area contributed by atoms with Crippen LogP contribution in [-0.2, 0) is 10.1 Å². The summed E-state index contributed by atoms with van der Waals surface area (Å²) in [5.74, 6) is 0.853. The van der Waals surface area contributed by atoms with Crippen molar-refractivity contribution < 1.29 is 27.9 Å². The second-order valence-electron chi connectivity index (χ2n) is 4.77. The molecule has 7 nitrogen and oxygen atoms in total. The van der Waals surface area contributed by atoms with Gasteiger partial charge in [-0.15, -0.1) is 0 Å². The molecule has 0 aliphatic heterocycles. The fourth-order valence-corrected chi connectivity index (χ4v) is 2.31. The number of para-hydroxylation sites is 1. The SMILES string of the molecule is O=S(=O)(O)c1ccc(Oc2ccccc2)c(NCC(O)CO)c1. The van der Waals surface area contributed by atoms with E-state index < -0.39 is 22.8 Å². The number of aliphatic hydroxyl groups is 2. The lowest BCUT2D eigenvalue weighted by molar-refractivity contribution is 0.105. The Hall–Kier alpha value is -2.13. The van der Waals surface area contributed by atoms with Gasteiger partial charge in [0.1, 0.15) is 5.75 Å². The van der Waals surface area contributed by atoms with E-state index in [1.54, 1.807) is 24.3 Å². The Balaban J connectivity index is 2.32. The minimum absolute atomic E-state index is 0.0173. The van der Waals surface area contributed by atoms with Crippen molar-refractivity contribution in [2.24, 2.45) is 0 Å². The van der Waals surface area contributed by atoms with Crippen LogP contribution < -0.4 is 10.1 Å². The van der Waals surface area contributed by atoms with E-state index in [1.165, 1.54) is 18.2 Å². The summed E-state index contributed by atoms with van der Waals surface area (Å²) >= 11 is 0. The monoisotopic (exact) mass is 339 g/mol. The Labute approximate surface area is 133 Å². The molecule has 0 aliphatic rings. The number of nitrogens with one attached hydrogen (secondary N) is 1. The maximum absolute atomic E-state index is 11.2. The van der Waals surface area contributed by atoms with Crippen LogP contribution in [0.3, 0.4) is 0 Å². The van der Waals surface area contributed by atoms with Crippen molar-refractivity contribution >= 4 is 15.8 Å². The zero-order chi connectivity index (χ0) is 16.9. The zero-order valence-electron chi connectivity index (χ0n) is 12.1. The molecule has 0 radical (unpaired) electrons. The maximum atomic E-state index is 11.2. The van der Waals surface area contributed by atoms with E-state index in [-0.39, 0.29) is 17.1 Å². The molecule has 124 valence electrons. The molecule has 0 saturated heterocycles. The normalized spacial score (nSPS) is 12.7. The summed E-state index contributed by atoms with van der Waals surface area (Å²) < 4.78 is 37.3. The number of ether oxygens (including phenoxy) is 1. The van der Waals surface area contributed by atoms with Crippen LogP contribution in [-0.4, -0.2) is 42.4 Å². The van der Waals surface area contributed by atoms with Crippen LogP contribution in [0.4, 0.5) is 5.69 Å². The van der Waals surface area contributed by atoms with Crippen molar-refractivity contribution in [2.45, 2.75) is 11.0 Å². The molecule has 1 unspecified atom stereocenters. The highest BCUT2D eigenvalue weighted by atomic mass is 32.2. The van der Waals surface area contributed by atoms with Gasteiger partial charge in [-0.25, -0.2) is 0 Å². The van der Waals surface area contributed by atoms with E-state index in [0.717, 1.165) is 0 Å². The average Bonchev–Trinajstić information content (AvgIpc) is 2.53. The molecule has 0 heterocycles. The summed E-state index contributed by atoms with van der Waals surface area (Å²) in [5, 5.41) is 21.0. The second kappa shape index (κ2) is 7.42.